The van der Waals surface area contributed by atoms with Gasteiger partial charge in [-0.1, -0.05) is 17.7 Å². The second kappa shape index (κ2) is 7.10. The van der Waals surface area contributed by atoms with Crippen LogP contribution in [0.15, 0.2) is 18.2 Å². The van der Waals surface area contributed by atoms with Gasteiger partial charge in [0.2, 0.25) is 5.91 Å². The molecule has 1 amide bonds. The fraction of sp³-hybridized carbons (Fsp3) is 0.462. The van der Waals surface area contributed by atoms with Crippen molar-refractivity contribution < 1.29 is 4.79 Å². The number of amides is 1. The van der Waals surface area contributed by atoms with E-state index in [1.54, 1.807) is 6.07 Å². The van der Waals surface area contributed by atoms with Crippen LogP contribution in [0, 0.1) is 6.92 Å². The maximum Gasteiger partial charge on any atom is 0.238 e. The average molecular weight is 304 g/mol. The molecule has 106 valence electrons. The van der Waals surface area contributed by atoms with Gasteiger partial charge in [-0.3, -0.25) is 9.69 Å². The fourth-order valence-corrected chi connectivity index (χ4v) is 2.30. The molecule has 1 aliphatic rings. The summed E-state index contributed by atoms with van der Waals surface area (Å²) < 4.78 is 0. The lowest BCUT2D eigenvalue weighted by atomic mass is 10.2. The van der Waals surface area contributed by atoms with Crippen molar-refractivity contribution in [2.45, 2.75) is 19.4 Å². The van der Waals surface area contributed by atoms with E-state index in [0.29, 0.717) is 11.6 Å². The van der Waals surface area contributed by atoms with Gasteiger partial charge in [0.15, 0.2) is 0 Å². The molecule has 0 radical (unpaired) electrons. The summed E-state index contributed by atoms with van der Waals surface area (Å²) in [5.74, 6) is -0.0190. The number of hydrogen-bond acceptors (Lipinski definition) is 3. The van der Waals surface area contributed by atoms with Gasteiger partial charge in [-0.2, -0.15) is 0 Å². The Hall–Kier alpha value is -0.810. The molecule has 0 unspecified atom stereocenters. The van der Waals surface area contributed by atoms with E-state index < -0.39 is 0 Å². The van der Waals surface area contributed by atoms with Gasteiger partial charge in [-0.25, -0.2) is 0 Å². The van der Waals surface area contributed by atoms with Gasteiger partial charge in [-0.05, 0) is 31.0 Å². The van der Waals surface area contributed by atoms with Crippen molar-refractivity contribution in [1.82, 2.24) is 4.90 Å². The van der Waals surface area contributed by atoms with Crippen LogP contribution in [-0.4, -0.2) is 36.5 Å². The number of aryl methyl sites for hydroxylation is 1. The van der Waals surface area contributed by atoms with Crippen LogP contribution in [0.3, 0.4) is 0 Å². The summed E-state index contributed by atoms with van der Waals surface area (Å²) in [6, 6.07) is 5.67. The number of nitrogens with two attached hydrogens (primary N) is 1. The number of carbonyl (C=O) groups is 1. The van der Waals surface area contributed by atoms with E-state index in [4.69, 9.17) is 17.3 Å². The zero-order valence-corrected chi connectivity index (χ0v) is 12.4. The van der Waals surface area contributed by atoms with E-state index in [2.05, 4.69) is 10.2 Å². The minimum absolute atomic E-state index is 0. The highest BCUT2D eigenvalue weighted by Gasteiger charge is 2.21. The van der Waals surface area contributed by atoms with Crippen molar-refractivity contribution in [2.24, 2.45) is 5.73 Å². The second-order valence-corrected chi connectivity index (χ2v) is 5.23. The third-order valence-electron chi connectivity index (χ3n) is 3.15. The molecule has 1 saturated heterocycles. The van der Waals surface area contributed by atoms with Crippen LogP contribution in [0.5, 0.6) is 0 Å². The molecule has 6 heteroatoms. The second-order valence-electron chi connectivity index (χ2n) is 4.79. The Bertz CT molecular complexity index is 454. The number of anilines is 1. The van der Waals surface area contributed by atoms with E-state index in [9.17, 15) is 4.79 Å². The molecule has 0 aromatic heterocycles. The Morgan fingerprint density at radius 2 is 2.32 bits per heavy atom. The number of nitrogens with zero attached hydrogens (tertiary/aromatic N) is 1. The molecule has 0 aliphatic carbocycles. The van der Waals surface area contributed by atoms with Crippen LogP contribution in [0.25, 0.3) is 0 Å². The van der Waals surface area contributed by atoms with Crippen molar-refractivity contribution in [2.75, 3.05) is 25.0 Å². The summed E-state index contributed by atoms with van der Waals surface area (Å²) in [7, 11) is 0. The fourth-order valence-electron chi connectivity index (χ4n) is 2.13. The number of halogens is 2. The van der Waals surface area contributed by atoms with Crippen LogP contribution < -0.4 is 11.1 Å². The Balaban J connectivity index is 0.00000180. The number of rotatable bonds is 3. The topological polar surface area (TPSA) is 58.4 Å². The standard InChI is InChI=1S/C13H18ClN3O.ClH/c1-9-2-3-10(14)6-12(9)16-13(18)8-17-5-4-11(15)7-17;/h2-3,6,11H,4-5,7-8,15H2,1H3,(H,16,18);1H/t11-;/m0./s1. The van der Waals surface area contributed by atoms with Crippen LogP contribution >= 0.6 is 24.0 Å². The molecular formula is C13H19Cl2N3O. The quantitative estimate of drug-likeness (QED) is 0.898. The molecule has 1 aromatic rings. The maximum absolute atomic E-state index is 11.9. The summed E-state index contributed by atoms with van der Waals surface area (Å²) in [5.41, 5.74) is 7.59. The van der Waals surface area contributed by atoms with Crippen molar-refractivity contribution in [1.29, 1.82) is 0 Å². The van der Waals surface area contributed by atoms with E-state index in [0.717, 1.165) is 30.8 Å². The van der Waals surface area contributed by atoms with Crippen molar-refractivity contribution in [3.8, 4) is 0 Å². The summed E-state index contributed by atoms with van der Waals surface area (Å²) in [6.07, 6.45) is 0.962. The molecule has 0 spiro atoms. The van der Waals surface area contributed by atoms with Crippen LogP contribution in [-0.2, 0) is 4.79 Å². The van der Waals surface area contributed by atoms with Crippen molar-refractivity contribution >= 4 is 35.6 Å². The minimum Gasteiger partial charge on any atom is -0.326 e. The van der Waals surface area contributed by atoms with Gasteiger partial charge in [0.1, 0.15) is 0 Å². The van der Waals surface area contributed by atoms with E-state index in [-0.39, 0.29) is 24.4 Å². The summed E-state index contributed by atoms with van der Waals surface area (Å²) in [4.78, 5) is 14.0. The molecule has 1 aliphatic heterocycles. The maximum atomic E-state index is 11.9. The number of likely N-dealkylation sites (tertiary alicyclic amines) is 1. The number of benzene rings is 1. The van der Waals surface area contributed by atoms with Gasteiger partial charge in [-0.15, -0.1) is 12.4 Å². The van der Waals surface area contributed by atoms with Gasteiger partial charge in [0, 0.05) is 29.8 Å². The molecular weight excluding hydrogens is 285 g/mol. The lowest BCUT2D eigenvalue weighted by molar-refractivity contribution is -0.117. The molecule has 1 aromatic carbocycles. The van der Waals surface area contributed by atoms with Gasteiger partial charge in [0.25, 0.3) is 0 Å². The highest BCUT2D eigenvalue weighted by molar-refractivity contribution is 6.31. The Morgan fingerprint density at radius 3 is 2.95 bits per heavy atom. The van der Waals surface area contributed by atoms with Crippen molar-refractivity contribution in [3.63, 3.8) is 0 Å². The Labute approximate surface area is 124 Å². The van der Waals surface area contributed by atoms with E-state index in [1.807, 2.05) is 19.1 Å². The van der Waals surface area contributed by atoms with Gasteiger partial charge >= 0.3 is 0 Å². The molecule has 1 fully saturated rings. The van der Waals surface area contributed by atoms with Gasteiger partial charge in [0.05, 0.1) is 6.54 Å². The molecule has 3 N–H and O–H groups in total. The molecule has 1 atom stereocenters. The lowest BCUT2D eigenvalue weighted by Gasteiger charge is -2.15. The van der Waals surface area contributed by atoms with Gasteiger partial charge < -0.3 is 11.1 Å². The molecule has 4 nitrogen and oxygen atoms in total. The normalized spacial score (nSPS) is 19.0. The lowest BCUT2D eigenvalue weighted by Crippen LogP contribution is -2.33. The number of hydrogen-bond donors (Lipinski definition) is 2. The Kier molecular flexibility index (Phi) is 6.07. The Morgan fingerprint density at radius 1 is 1.58 bits per heavy atom. The first kappa shape index (κ1) is 16.2. The summed E-state index contributed by atoms with van der Waals surface area (Å²) >= 11 is 5.91. The molecule has 19 heavy (non-hydrogen) atoms. The van der Waals surface area contributed by atoms with Crippen molar-refractivity contribution in [3.05, 3.63) is 28.8 Å². The zero-order chi connectivity index (χ0) is 13.1. The number of nitrogens with one attached hydrogen (secondary N) is 1. The summed E-state index contributed by atoms with van der Waals surface area (Å²) in [5, 5.41) is 3.51. The summed E-state index contributed by atoms with van der Waals surface area (Å²) in [6.45, 7) is 4.02. The third kappa shape index (κ3) is 4.66. The van der Waals surface area contributed by atoms with Crippen LogP contribution in [0.2, 0.25) is 5.02 Å². The first-order chi connectivity index (χ1) is 8.54. The van der Waals surface area contributed by atoms with Crippen LogP contribution in [0.4, 0.5) is 5.69 Å². The minimum atomic E-state index is -0.0190. The molecule has 2 rings (SSSR count). The smallest absolute Gasteiger partial charge is 0.238 e. The highest BCUT2D eigenvalue weighted by atomic mass is 35.5. The molecule has 1 heterocycles. The van der Waals surface area contributed by atoms with Crippen LogP contribution in [0.1, 0.15) is 12.0 Å². The predicted molar refractivity (Wildman–Crippen MR) is 81.1 cm³/mol. The monoisotopic (exact) mass is 303 g/mol. The largest absolute Gasteiger partial charge is 0.326 e. The first-order valence-corrected chi connectivity index (χ1v) is 6.46. The number of carbonyl (C=O) groups excluding carboxylic acids is 1. The molecule has 0 saturated carbocycles. The SMILES string of the molecule is Cc1ccc(Cl)cc1NC(=O)CN1CC[C@H](N)C1.Cl. The highest BCUT2D eigenvalue weighted by Crippen LogP contribution is 2.20. The third-order valence-corrected chi connectivity index (χ3v) is 3.38. The molecule has 0 bridgehead atoms. The first-order valence-electron chi connectivity index (χ1n) is 6.08. The average Bonchev–Trinajstić information content (AvgIpc) is 2.69. The predicted octanol–water partition coefficient (Wildman–Crippen LogP) is 2.04. The van der Waals surface area contributed by atoms with E-state index >= 15 is 0 Å². The van der Waals surface area contributed by atoms with E-state index in [1.165, 1.54) is 0 Å². The zero-order valence-electron chi connectivity index (χ0n) is 10.9.